The van der Waals surface area contributed by atoms with Gasteiger partial charge in [-0.3, -0.25) is 4.79 Å². The number of hydrogen-bond acceptors (Lipinski definition) is 3. The Morgan fingerprint density at radius 1 is 1.11 bits per heavy atom. The number of nitrogens with one attached hydrogen (secondary N) is 1. The van der Waals surface area contributed by atoms with E-state index in [0.29, 0.717) is 16.5 Å². The van der Waals surface area contributed by atoms with Crippen molar-refractivity contribution in [1.29, 1.82) is 0 Å². The van der Waals surface area contributed by atoms with Crippen LogP contribution in [0.3, 0.4) is 0 Å². The number of hydrogen-bond donors (Lipinski definition) is 1. The Labute approximate surface area is 168 Å². The van der Waals surface area contributed by atoms with Crippen LogP contribution in [0.15, 0.2) is 60.7 Å². The van der Waals surface area contributed by atoms with Gasteiger partial charge in [-0.2, -0.15) is 0 Å². The number of pyridine rings is 1. The number of benzene rings is 2. The lowest BCUT2D eigenvalue weighted by molar-refractivity contribution is 0.0732. The molecule has 142 valence electrons. The standard InChI is InChI=1S/C22H19ClFN3O/c1-27(19-9-14-5-2-3-6-15(14)10-19)22(28)20-11-16(23)12-21(26-20)25-18-8-4-7-17(24)13-18/h2-8,11-13,19H,9-10H2,1H3,(H,25,26). The van der Waals surface area contributed by atoms with E-state index in [2.05, 4.69) is 22.4 Å². The van der Waals surface area contributed by atoms with Crippen LogP contribution < -0.4 is 5.32 Å². The number of carbonyl (C=O) groups excluding carboxylic acids is 1. The van der Waals surface area contributed by atoms with Gasteiger partial charge in [-0.05, 0) is 54.3 Å². The maximum absolute atomic E-state index is 13.4. The first kappa shape index (κ1) is 18.4. The minimum absolute atomic E-state index is 0.0883. The first-order chi connectivity index (χ1) is 13.5. The molecule has 3 aromatic rings. The number of fused-ring (bicyclic) bond motifs is 1. The SMILES string of the molecule is CN(C(=O)c1cc(Cl)cc(Nc2cccc(F)c2)n1)C1Cc2ccccc2C1. The van der Waals surface area contributed by atoms with E-state index < -0.39 is 0 Å². The van der Waals surface area contributed by atoms with Gasteiger partial charge < -0.3 is 10.2 Å². The topological polar surface area (TPSA) is 45.2 Å². The number of anilines is 2. The predicted octanol–water partition coefficient (Wildman–Crippen LogP) is 4.86. The normalized spacial score (nSPS) is 13.2. The summed E-state index contributed by atoms with van der Waals surface area (Å²) in [5.74, 6) is -0.156. The number of rotatable bonds is 4. The van der Waals surface area contributed by atoms with Crippen LogP contribution in [0, 0.1) is 5.82 Å². The molecule has 28 heavy (non-hydrogen) atoms. The van der Waals surface area contributed by atoms with Crippen molar-refractivity contribution in [3.8, 4) is 0 Å². The quantitative estimate of drug-likeness (QED) is 0.686. The molecule has 4 nitrogen and oxygen atoms in total. The van der Waals surface area contributed by atoms with Crippen molar-refractivity contribution >= 4 is 29.0 Å². The second-order valence-electron chi connectivity index (χ2n) is 6.94. The van der Waals surface area contributed by atoms with E-state index in [1.165, 1.54) is 23.3 Å². The molecule has 0 fully saturated rings. The summed E-state index contributed by atoms with van der Waals surface area (Å²) in [6.07, 6.45) is 1.65. The molecular formula is C22H19ClFN3O. The molecule has 1 amide bonds. The maximum atomic E-state index is 13.4. The number of amides is 1. The molecule has 1 aromatic heterocycles. The summed E-state index contributed by atoms with van der Waals surface area (Å²) in [6.45, 7) is 0. The molecule has 1 aliphatic carbocycles. The van der Waals surface area contributed by atoms with E-state index in [9.17, 15) is 9.18 Å². The molecule has 0 unspecified atom stereocenters. The van der Waals surface area contributed by atoms with Crippen molar-refractivity contribution in [2.75, 3.05) is 12.4 Å². The van der Waals surface area contributed by atoms with Gasteiger partial charge in [0.1, 0.15) is 17.3 Å². The van der Waals surface area contributed by atoms with Crippen LogP contribution in [0.1, 0.15) is 21.6 Å². The molecule has 0 bridgehead atoms. The fourth-order valence-corrected chi connectivity index (χ4v) is 3.75. The van der Waals surface area contributed by atoms with Crippen LogP contribution in [0.4, 0.5) is 15.9 Å². The highest BCUT2D eigenvalue weighted by atomic mass is 35.5. The van der Waals surface area contributed by atoms with Gasteiger partial charge in [0.25, 0.3) is 5.91 Å². The third-order valence-electron chi connectivity index (χ3n) is 5.00. The Hall–Kier alpha value is -2.92. The summed E-state index contributed by atoms with van der Waals surface area (Å²) in [4.78, 5) is 19.1. The third kappa shape index (κ3) is 3.85. The Balaban J connectivity index is 1.53. The largest absolute Gasteiger partial charge is 0.340 e. The molecule has 0 radical (unpaired) electrons. The molecular weight excluding hydrogens is 377 g/mol. The van der Waals surface area contributed by atoms with Gasteiger partial charge in [0, 0.05) is 23.8 Å². The first-order valence-corrected chi connectivity index (χ1v) is 9.41. The van der Waals surface area contributed by atoms with Crippen LogP contribution in [0.5, 0.6) is 0 Å². The van der Waals surface area contributed by atoms with E-state index >= 15 is 0 Å². The van der Waals surface area contributed by atoms with Crippen molar-refractivity contribution < 1.29 is 9.18 Å². The van der Waals surface area contributed by atoms with E-state index in [0.717, 1.165) is 12.8 Å². The van der Waals surface area contributed by atoms with Gasteiger partial charge in [0.2, 0.25) is 0 Å². The molecule has 1 aliphatic rings. The molecule has 0 spiro atoms. The van der Waals surface area contributed by atoms with E-state index in [1.807, 2.05) is 12.1 Å². The van der Waals surface area contributed by atoms with E-state index in [1.54, 1.807) is 36.2 Å². The number of carbonyl (C=O) groups is 1. The Morgan fingerprint density at radius 3 is 2.50 bits per heavy atom. The maximum Gasteiger partial charge on any atom is 0.272 e. The second kappa shape index (κ2) is 7.60. The highest BCUT2D eigenvalue weighted by Crippen LogP contribution is 2.26. The zero-order valence-electron chi connectivity index (χ0n) is 15.3. The number of halogens is 2. The molecule has 0 aliphatic heterocycles. The smallest absolute Gasteiger partial charge is 0.272 e. The lowest BCUT2D eigenvalue weighted by atomic mass is 10.1. The Bertz CT molecular complexity index is 1010. The van der Waals surface area contributed by atoms with Crippen molar-refractivity contribution in [2.45, 2.75) is 18.9 Å². The lowest BCUT2D eigenvalue weighted by Gasteiger charge is -2.24. The van der Waals surface area contributed by atoms with Gasteiger partial charge in [-0.25, -0.2) is 9.37 Å². The summed E-state index contributed by atoms with van der Waals surface area (Å²) in [6, 6.07) is 17.5. The van der Waals surface area contributed by atoms with Crippen LogP contribution in [0.2, 0.25) is 5.02 Å². The zero-order valence-corrected chi connectivity index (χ0v) is 16.1. The van der Waals surface area contributed by atoms with Crippen molar-refractivity contribution in [3.63, 3.8) is 0 Å². The van der Waals surface area contributed by atoms with Gasteiger partial charge in [-0.1, -0.05) is 41.9 Å². The van der Waals surface area contributed by atoms with Crippen LogP contribution in [-0.2, 0) is 12.8 Å². The Kier molecular flexibility index (Phi) is 5.01. The zero-order chi connectivity index (χ0) is 19.7. The van der Waals surface area contributed by atoms with Gasteiger partial charge >= 0.3 is 0 Å². The average molecular weight is 396 g/mol. The number of nitrogens with zero attached hydrogens (tertiary/aromatic N) is 2. The highest BCUT2D eigenvalue weighted by molar-refractivity contribution is 6.31. The van der Waals surface area contributed by atoms with Gasteiger partial charge in [0.15, 0.2) is 0 Å². The van der Waals surface area contributed by atoms with Crippen LogP contribution in [0.25, 0.3) is 0 Å². The van der Waals surface area contributed by atoms with Gasteiger partial charge in [-0.15, -0.1) is 0 Å². The minimum atomic E-state index is -0.358. The molecule has 0 saturated heterocycles. The fraction of sp³-hybridized carbons (Fsp3) is 0.182. The fourth-order valence-electron chi connectivity index (χ4n) is 3.54. The van der Waals surface area contributed by atoms with Crippen LogP contribution in [-0.4, -0.2) is 28.9 Å². The second-order valence-corrected chi connectivity index (χ2v) is 7.37. The highest BCUT2D eigenvalue weighted by Gasteiger charge is 2.28. The molecule has 4 rings (SSSR count). The lowest BCUT2D eigenvalue weighted by Crippen LogP contribution is -2.38. The number of likely N-dealkylation sites (N-methyl/N-ethyl adjacent to an activating group) is 1. The number of aromatic nitrogens is 1. The monoisotopic (exact) mass is 395 g/mol. The van der Waals surface area contributed by atoms with E-state index in [-0.39, 0.29) is 23.5 Å². The average Bonchev–Trinajstić information content (AvgIpc) is 3.10. The summed E-state index contributed by atoms with van der Waals surface area (Å²) < 4.78 is 13.4. The molecule has 2 aromatic carbocycles. The van der Waals surface area contributed by atoms with Crippen molar-refractivity contribution in [2.24, 2.45) is 0 Å². The predicted molar refractivity (Wildman–Crippen MR) is 109 cm³/mol. The van der Waals surface area contributed by atoms with E-state index in [4.69, 9.17) is 11.6 Å². The minimum Gasteiger partial charge on any atom is -0.340 e. The molecule has 1 heterocycles. The summed E-state index contributed by atoms with van der Waals surface area (Å²) >= 11 is 6.20. The first-order valence-electron chi connectivity index (χ1n) is 9.04. The Morgan fingerprint density at radius 2 is 1.82 bits per heavy atom. The third-order valence-corrected chi connectivity index (χ3v) is 5.22. The molecule has 6 heteroatoms. The van der Waals surface area contributed by atoms with Gasteiger partial charge in [0.05, 0.1) is 0 Å². The molecule has 1 N–H and O–H groups in total. The van der Waals surface area contributed by atoms with Crippen molar-refractivity contribution in [3.05, 3.63) is 88.3 Å². The molecule has 0 atom stereocenters. The van der Waals surface area contributed by atoms with Crippen LogP contribution >= 0.6 is 11.6 Å². The molecule has 0 saturated carbocycles. The van der Waals surface area contributed by atoms with Crippen molar-refractivity contribution in [1.82, 2.24) is 9.88 Å². The summed E-state index contributed by atoms with van der Waals surface area (Å²) in [5.41, 5.74) is 3.34. The summed E-state index contributed by atoms with van der Waals surface area (Å²) in [7, 11) is 1.79. The summed E-state index contributed by atoms with van der Waals surface area (Å²) in [5, 5.41) is 3.39.